The Hall–Kier alpha value is -1.36. The smallest absolute Gasteiger partial charge is 0.272 e. The third kappa shape index (κ3) is 2.81. The number of carbonyl (C=O) groups is 1. The highest BCUT2D eigenvalue weighted by molar-refractivity contribution is 5.92. The van der Waals surface area contributed by atoms with Crippen LogP contribution in [0.3, 0.4) is 0 Å². The zero-order valence-corrected chi connectivity index (χ0v) is 12.1. The van der Waals surface area contributed by atoms with E-state index in [0.29, 0.717) is 5.69 Å². The van der Waals surface area contributed by atoms with E-state index in [1.807, 2.05) is 27.1 Å². The summed E-state index contributed by atoms with van der Waals surface area (Å²) in [6.07, 6.45) is 5.18. The van der Waals surface area contributed by atoms with Crippen LogP contribution in [0.2, 0.25) is 0 Å². The summed E-state index contributed by atoms with van der Waals surface area (Å²) < 4.78 is 1.67. The van der Waals surface area contributed by atoms with Crippen LogP contribution in [0.15, 0.2) is 6.07 Å². The molecule has 2 rings (SSSR count). The highest BCUT2D eigenvalue weighted by atomic mass is 16.2. The number of nitrogens with two attached hydrogens (primary N) is 1. The van der Waals surface area contributed by atoms with E-state index in [0.717, 1.165) is 31.4 Å². The van der Waals surface area contributed by atoms with Gasteiger partial charge in [0.1, 0.15) is 5.69 Å². The predicted octanol–water partition coefficient (Wildman–Crippen LogP) is 1.32. The first-order chi connectivity index (χ1) is 9.04. The Morgan fingerprint density at radius 2 is 2.21 bits per heavy atom. The van der Waals surface area contributed by atoms with Gasteiger partial charge in [-0.15, -0.1) is 0 Å². The Morgan fingerprint density at radius 3 is 2.79 bits per heavy atom. The molecule has 1 saturated carbocycles. The zero-order chi connectivity index (χ0) is 14.0. The highest BCUT2D eigenvalue weighted by Gasteiger charge is 2.30. The van der Waals surface area contributed by atoms with Gasteiger partial charge in [-0.3, -0.25) is 9.48 Å². The van der Waals surface area contributed by atoms with Crippen LogP contribution in [-0.2, 0) is 13.5 Å². The maximum absolute atomic E-state index is 12.5. The maximum atomic E-state index is 12.5. The highest BCUT2D eigenvalue weighted by Crippen LogP contribution is 2.22. The summed E-state index contributed by atoms with van der Waals surface area (Å²) in [6, 6.07) is 2.13. The Kier molecular flexibility index (Phi) is 4.24. The Morgan fingerprint density at radius 1 is 1.53 bits per heavy atom. The molecule has 1 aromatic rings. The molecule has 1 amide bonds. The van der Waals surface area contributed by atoms with Gasteiger partial charge >= 0.3 is 0 Å². The molecule has 2 atom stereocenters. The van der Waals surface area contributed by atoms with Gasteiger partial charge in [-0.1, -0.05) is 19.8 Å². The molecule has 0 aliphatic heterocycles. The number of amides is 1. The average Bonchev–Trinajstić information content (AvgIpc) is 2.79. The normalized spacial score (nSPS) is 23.4. The van der Waals surface area contributed by atoms with E-state index in [9.17, 15) is 4.79 Å². The standard InChI is InChI=1S/C14H24N4O/c1-4-10-9-13(18(3)16-10)14(19)17(2)12-8-6-5-7-11(12)15/h9,11-12H,4-8,15H2,1-3H3. The lowest BCUT2D eigenvalue weighted by Gasteiger charge is -2.35. The van der Waals surface area contributed by atoms with Crippen LogP contribution in [0.25, 0.3) is 0 Å². The molecule has 0 radical (unpaired) electrons. The van der Waals surface area contributed by atoms with Crippen molar-refractivity contribution in [3.05, 3.63) is 17.5 Å². The monoisotopic (exact) mass is 264 g/mol. The molecule has 106 valence electrons. The van der Waals surface area contributed by atoms with E-state index in [1.165, 1.54) is 6.42 Å². The predicted molar refractivity (Wildman–Crippen MR) is 74.9 cm³/mol. The van der Waals surface area contributed by atoms with Crippen molar-refractivity contribution >= 4 is 5.91 Å². The van der Waals surface area contributed by atoms with Gasteiger partial charge in [-0.2, -0.15) is 5.10 Å². The first kappa shape index (κ1) is 14.1. The first-order valence-corrected chi connectivity index (χ1v) is 7.10. The quantitative estimate of drug-likeness (QED) is 0.895. The number of carbonyl (C=O) groups excluding carboxylic acids is 1. The van der Waals surface area contributed by atoms with E-state index in [2.05, 4.69) is 5.10 Å². The van der Waals surface area contributed by atoms with Crippen LogP contribution in [0, 0.1) is 0 Å². The summed E-state index contributed by atoms with van der Waals surface area (Å²) in [5, 5.41) is 4.33. The van der Waals surface area contributed by atoms with Crippen molar-refractivity contribution in [2.24, 2.45) is 12.8 Å². The Bertz CT molecular complexity index is 454. The molecule has 0 spiro atoms. The fraction of sp³-hybridized carbons (Fsp3) is 0.714. The minimum Gasteiger partial charge on any atom is -0.336 e. The van der Waals surface area contributed by atoms with E-state index >= 15 is 0 Å². The molecule has 1 heterocycles. The minimum absolute atomic E-state index is 0.0250. The molecule has 1 aromatic heterocycles. The average molecular weight is 264 g/mol. The zero-order valence-electron chi connectivity index (χ0n) is 12.1. The molecule has 2 unspecified atom stereocenters. The van der Waals surface area contributed by atoms with Gasteiger partial charge in [0.15, 0.2) is 0 Å². The lowest BCUT2D eigenvalue weighted by molar-refractivity contribution is 0.0661. The summed E-state index contributed by atoms with van der Waals surface area (Å²) in [6.45, 7) is 2.04. The molecule has 1 aliphatic rings. The van der Waals surface area contributed by atoms with Crippen molar-refractivity contribution in [1.82, 2.24) is 14.7 Å². The van der Waals surface area contributed by atoms with E-state index in [4.69, 9.17) is 5.73 Å². The van der Waals surface area contributed by atoms with Crippen molar-refractivity contribution in [1.29, 1.82) is 0 Å². The van der Waals surface area contributed by atoms with Gasteiger partial charge < -0.3 is 10.6 Å². The molecule has 2 N–H and O–H groups in total. The number of nitrogens with zero attached hydrogens (tertiary/aromatic N) is 3. The van der Waals surface area contributed by atoms with E-state index in [1.54, 1.807) is 9.58 Å². The molecule has 1 aliphatic carbocycles. The van der Waals surface area contributed by atoms with Crippen molar-refractivity contribution in [2.45, 2.75) is 51.1 Å². The fourth-order valence-electron chi connectivity index (χ4n) is 2.85. The summed E-state index contributed by atoms with van der Waals surface area (Å²) in [5.41, 5.74) is 7.75. The molecule has 1 fully saturated rings. The van der Waals surface area contributed by atoms with Crippen molar-refractivity contribution in [3.63, 3.8) is 0 Å². The second kappa shape index (κ2) is 5.74. The number of rotatable bonds is 3. The van der Waals surface area contributed by atoms with Crippen LogP contribution in [0.5, 0.6) is 0 Å². The van der Waals surface area contributed by atoms with Gasteiger partial charge in [0.25, 0.3) is 5.91 Å². The Labute approximate surface area is 114 Å². The van der Waals surface area contributed by atoms with Crippen LogP contribution < -0.4 is 5.73 Å². The van der Waals surface area contributed by atoms with Crippen molar-refractivity contribution < 1.29 is 4.79 Å². The fourth-order valence-corrected chi connectivity index (χ4v) is 2.85. The molecule has 0 saturated heterocycles. The number of aromatic nitrogens is 2. The minimum atomic E-state index is 0.0250. The molecular formula is C14H24N4O. The van der Waals surface area contributed by atoms with Crippen LogP contribution >= 0.6 is 0 Å². The molecule has 5 nitrogen and oxygen atoms in total. The van der Waals surface area contributed by atoms with Crippen LogP contribution in [0.4, 0.5) is 0 Å². The first-order valence-electron chi connectivity index (χ1n) is 7.10. The van der Waals surface area contributed by atoms with Crippen molar-refractivity contribution in [2.75, 3.05) is 7.05 Å². The molecule has 0 bridgehead atoms. The van der Waals surface area contributed by atoms with E-state index < -0.39 is 0 Å². The van der Waals surface area contributed by atoms with E-state index in [-0.39, 0.29) is 18.0 Å². The summed E-state index contributed by atoms with van der Waals surface area (Å²) in [5.74, 6) is 0.0250. The van der Waals surface area contributed by atoms with Crippen molar-refractivity contribution in [3.8, 4) is 0 Å². The number of likely N-dealkylation sites (N-methyl/N-ethyl adjacent to an activating group) is 1. The lowest BCUT2D eigenvalue weighted by atomic mass is 9.90. The molecular weight excluding hydrogens is 240 g/mol. The second-order valence-electron chi connectivity index (χ2n) is 5.43. The maximum Gasteiger partial charge on any atom is 0.272 e. The SMILES string of the molecule is CCc1cc(C(=O)N(C)C2CCCCC2N)n(C)n1. The number of hydrogen-bond acceptors (Lipinski definition) is 3. The topological polar surface area (TPSA) is 64.2 Å². The van der Waals surface area contributed by atoms with Gasteiger partial charge in [0.2, 0.25) is 0 Å². The lowest BCUT2D eigenvalue weighted by Crippen LogP contribution is -2.50. The third-order valence-corrected chi connectivity index (χ3v) is 4.11. The van der Waals surface area contributed by atoms with Gasteiger partial charge in [0.05, 0.1) is 5.69 Å². The summed E-state index contributed by atoms with van der Waals surface area (Å²) in [7, 11) is 3.68. The van der Waals surface area contributed by atoms with Crippen LogP contribution in [-0.4, -0.2) is 39.7 Å². The largest absolute Gasteiger partial charge is 0.336 e. The van der Waals surface area contributed by atoms with Crippen LogP contribution in [0.1, 0.15) is 48.8 Å². The third-order valence-electron chi connectivity index (χ3n) is 4.11. The van der Waals surface area contributed by atoms with Gasteiger partial charge in [-0.25, -0.2) is 0 Å². The van der Waals surface area contributed by atoms with Gasteiger partial charge in [0, 0.05) is 26.2 Å². The summed E-state index contributed by atoms with van der Waals surface area (Å²) in [4.78, 5) is 14.4. The number of hydrogen-bond donors (Lipinski definition) is 1. The molecule has 0 aromatic carbocycles. The van der Waals surface area contributed by atoms with Gasteiger partial charge in [-0.05, 0) is 25.3 Å². The number of aryl methyl sites for hydroxylation is 2. The molecule has 5 heteroatoms. The Balaban J connectivity index is 2.15. The summed E-state index contributed by atoms with van der Waals surface area (Å²) >= 11 is 0. The second-order valence-corrected chi connectivity index (χ2v) is 5.43. The molecule has 19 heavy (non-hydrogen) atoms.